The van der Waals surface area contributed by atoms with E-state index >= 15 is 0 Å². The lowest BCUT2D eigenvalue weighted by Gasteiger charge is -2.14. The summed E-state index contributed by atoms with van der Waals surface area (Å²) in [5, 5.41) is 3.63. The van der Waals surface area contributed by atoms with Gasteiger partial charge in [-0.3, -0.25) is 9.48 Å². The summed E-state index contributed by atoms with van der Waals surface area (Å²) in [4.78, 5) is 12.0. The summed E-state index contributed by atoms with van der Waals surface area (Å²) in [6.45, 7) is 1.50. The maximum absolute atomic E-state index is 12.8. The number of sulfonamides is 1. The van der Waals surface area contributed by atoms with Gasteiger partial charge in [0, 0.05) is 18.7 Å². The fourth-order valence-corrected chi connectivity index (χ4v) is 3.51. The normalized spacial score (nSPS) is 12.4. The second-order valence-electron chi connectivity index (χ2n) is 5.17. The number of hydrogen-bond acceptors (Lipinski definition) is 4. The molecule has 2 aromatic rings. The molecule has 0 atom stereocenters. The summed E-state index contributed by atoms with van der Waals surface area (Å²) in [6, 6.07) is 2.81. The monoisotopic (exact) mass is 395 g/mol. The number of nitrogens with one attached hydrogen (secondary N) is 1. The van der Waals surface area contributed by atoms with Crippen molar-refractivity contribution < 1.29 is 21.6 Å². The van der Waals surface area contributed by atoms with Crippen LogP contribution in [0.3, 0.4) is 0 Å². The Labute approximate surface area is 146 Å². The van der Waals surface area contributed by atoms with Crippen LogP contribution in [-0.4, -0.2) is 25.2 Å². The summed E-state index contributed by atoms with van der Waals surface area (Å²) >= 11 is 6.06. The number of alkyl halides is 3. The molecule has 136 valence electrons. The third-order valence-corrected chi connectivity index (χ3v) is 5.34. The van der Waals surface area contributed by atoms with E-state index in [1.54, 1.807) is 0 Å². The molecule has 1 N–H and O–H groups in total. The largest absolute Gasteiger partial charge is 0.433 e. The minimum absolute atomic E-state index is 0.00286. The van der Waals surface area contributed by atoms with E-state index in [9.17, 15) is 26.4 Å². The molecule has 2 rings (SSSR count). The van der Waals surface area contributed by atoms with Crippen LogP contribution in [0.15, 0.2) is 27.9 Å². The van der Waals surface area contributed by atoms with E-state index in [1.807, 2.05) is 0 Å². The zero-order valence-corrected chi connectivity index (χ0v) is 14.8. The van der Waals surface area contributed by atoms with Crippen molar-refractivity contribution in [3.8, 4) is 11.3 Å². The van der Waals surface area contributed by atoms with Crippen molar-refractivity contribution in [2.24, 2.45) is 7.05 Å². The number of aryl methyl sites for hydroxylation is 2. The zero-order valence-electron chi connectivity index (χ0n) is 13.3. The van der Waals surface area contributed by atoms with E-state index in [1.165, 1.54) is 20.0 Å². The summed E-state index contributed by atoms with van der Waals surface area (Å²) in [5.74, 6) is 0. The summed E-state index contributed by atoms with van der Waals surface area (Å²) in [5.41, 5.74) is -2.40. The van der Waals surface area contributed by atoms with Gasteiger partial charge in [0.25, 0.3) is 0 Å². The summed E-state index contributed by atoms with van der Waals surface area (Å²) in [7, 11) is -1.62. The second kappa shape index (κ2) is 6.43. The predicted octanol–water partition coefficient (Wildman–Crippen LogP) is 2.34. The molecule has 0 unspecified atom stereocenters. The van der Waals surface area contributed by atoms with Crippen LogP contribution in [0.2, 0.25) is 5.02 Å². The van der Waals surface area contributed by atoms with Crippen LogP contribution in [0.25, 0.3) is 11.3 Å². The van der Waals surface area contributed by atoms with Gasteiger partial charge >= 0.3 is 6.18 Å². The lowest BCUT2D eigenvalue weighted by Crippen LogP contribution is -2.23. The molecule has 0 saturated heterocycles. The van der Waals surface area contributed by atoms with Crippen LogP contribution in [-0.2, 0) is 23.2 Å². The van der Waals surface area contributed by atoms with Crippen LogP contribution in [0.5, 0.6) is 0 Å². The fourth-order valence-electron chi connectivity index (χ4n) is 2.22. The minimum Gasteiger partial charge on any atom is -0.287 e. The molecule has 0 amide bonds. The molecular formula is C14H13ClF3N3O3S. The molecule has 0 fully saturated rings. The first-order valence-electron chi connectivity index (χ1n) is 6.78. The number of nitrogens with zero attached hydrogens (tertiary/aromatic N) is 2. The van der Waals surface area contributed by atoms with E-state index < -0.39 is 27.3 Å². The summed E-state index contributed by atoms with van der Waals surface area (Å²) in [6.07, 6.45) is -4.75. The Morgan fingerprint density at radius 2 is 1.84 bits per heavy atom. The van der Waals surface area contributed by atoms with E-state index in [0.29, 0.717) is 16.3 Å². The molecule has 0 spiro atoms. The van der Waals surface area contributed by atoms with E-state index in [0.717, 1.165) is 13.1 Å². The molecule has 1 aromatic carbocycles. The first-order chi connectivity index (χ1) is 11.4. The number of aromatic nitrogens is 2. The molecule has 1 heterocycles. The number of halogens is 4. The van der Waals surface area contributed by atoms with Gasteiger partial charge < -0.3 is 0 Å². The molecule has 25 heavy (non-hydrogen) atoms. The van der Waals surface area contributed by atoms with Gasteiger partial charge in [-0.05, 0) is 31.7 Å². The van der Waals surface area contributed by atoms with Crippen molar-refractivity contribution in [1.29, 1.82) is 0 Å². The maximum Gasteiger partial charge on any atom is 0.433 e. The van der Waals surface area contributed by atoms with Crippen LogP contribution in [0.4, 0.5) is 13.2 Å². The van der Waals surface area contributed by atoms with Crippen molar-refractivity contribution in [3.05, 3.63) is 44.7 Å². The Morgan fingerprint density at radius 3 is 2.36 bits per heavy atom. The average Bonchev–Trinajstić information content (AvgIpc) is 2.48. The smallest absolute Gasteiger partial charge is 0.287 e. The first kappa shape index (κ1) is 19.4. The highest BCUT2D eigenvalue weighted by atomic mass is 35.5. The van der Waals surface area contributed by atoms with Crippen molar-refractivity contribution in [3.63, 3.8) is 0 Å². The number of benzene rings is 1. The van der Waals surface area contributed by atoms with Gasteiger partial charge in [-0.15, -0.1) is 0 Å². The van der Waals surface area contributed by atoms with Crippen LogP contribution >= 0.6 is 11.6 Å². The van der Waals surface area contributed by atoms with Gasteiger partial charge in [0.1, 0.15) is 11.4 Å². The van der Waals surface area contributed by atoms with Gasteiger partial charge in [0.2, 0.25) is 15.5 Å². The molecule has 0 aliphatic heterocycles. The van der Waals surface area contributed by atoms with Crippen molar-refractivity contribution >= 4 is 21.6 Å². The standard InChI is InChI=1S/C14H13ClF3N3O3S/c1-7-4-9(15)8(5-11(7)25(23,24)19-2)13-10(22)6-12(14(16,17)18)21(3)20-13/h4-6,19H,1-3H3. The lowest BCUT2D eigenvalue weighted by atomic mass is 10.1. The van der Waals surface area contributed by atoms with Crippen molar-refractivity contribution in [2.45, 2.75) is 18.0 Å². The molecule has 0 aliphatic carbocycles. The van der Waals surface area contributed by atoms with Crippen LogP contribution in [0, 0.1) is 6.92 Å². The Kier molecular flexibility index (Phi) is 4.99. The van der Waals surface area contributed by atoms with Gasteiger partial charge in [-0.2, -0.15) is 18.3 Å². The minimum atomic E-state index is -4.75. The molecule has 11 heteroatoms. The van der Waals surface area contributed by atoms with Crippen molar-refractivity contribution in [2.75, 3.05) is 7.05 Å². The molecular weight excluding hydrogens is 383 g/mol. The Hall–Kier alpha value is -1.91. The SMILES string of the molecule is CNS(=O)(=O)c1cc(-c2nn(C)c(C(F)(F)F)cc2=O)c(Cl)cc1C. The van der Waals surface area contributed by atoms with Gasteiger partial charge in [-0.1, -0.05) is 11.6 Å². The Morgan fingerprint density at radius 1 is 1.24 bits per heavy atom. The molecule has 0 radical (unpaired) electrons. The van der Waals surface area contributed by atoms with Gasteiger partial charge in [0.05, 0.1) is 9.92 Å². The highest BCUT2D eigenvalue weighted by molar-refractivity contribution is 7.89. The molecule has 6 nitrogen and oxygen atoms in total. The van der Waals surface area contributed by atoms with Crippen molar-refractivity contribution in [1.82, 2.24) is 14.5 Å². The quantitative estimate of drug-likeness (QED) is 0.865. The lowest BCUT2D eigenvalue weighted by molar-refractivity contribution is -0.144. The van der Waals surface area contributed by atoms with Crippen LogP contribution < -0.4 is 10.2 Å². The fraction of sp³-hybridized carbons (Fsp3) is 0.286. The first-order valence-corrected chi connectivity index (χ1v) is 8.64. The average molecular weight is 396 g/mol. The Balaban J connectivity index is 2.78. The highest BCUT2D eigenvalue weighted by Crippen LogP contribution is 2.32. The number of hydrogen-bond donors (Lipinski definition) is 1. The summed E-state index contributed by atoms with van der Waals surface area (Å²) < 4.78 is 65.3. The zero-order chi connectivity index (χ0) is 19.2. The van der Waals surface area contributed by atoms with Gasteiger partial charge in [0.15, 0.2) is 0 Å². The van der Waals surface area contributed by atoms with Crippen LogP contribution in [0.1, 0.15) is 11.3 Å². The topological polar surface area (TPSA) is 81.1 Å². The predicted molar refractivity (Wildman–Crippen MR) is 85.9 cm³/mol. The van der Waals surface area contributed by atoms with Gasteiger partial charge in [-0.25, -0.2) is 13.1 Å². The molecule has 0 saturated carbocycles. The van der Waals surface area contributed by atoms with E-state index in [-0.39, 0.29) is 21.2 Å². The second-order valence-corrected chi connectivity index (χ2v) is 7.43. The molecule has 1 aromatic heterocycles. The maximum atomic E-state index is 12.8. The molecule has 0 aliphatic rings. The highest BCUT2D eigenvalue weighted by Gasteiger charge is 2.34. The third-order valence-electron chi connectivity index (χ3n) is 3.47. The number of rotatable bonds is 3. The Bertz CT molecular complexity index is 1000. The third kappa shape index (κ3) is 3.70. The molecule has 0 bridgehead atoms. The van der Waals surface area contributed by atoms with E-state index in [4.69, 9.17) is 11.6 Å². The van der Waals surface area contributed by atoms with E-state index in [2.05, 4.69) is 9.82 Å².